The molecule has 1 aliphatic heterocycles. The van der Waals surface area contributed by atoms with Gasteiger partial charge in [0.05, 0.1) is 42.6 Å². The van der Waals surface area contributed by atoms with Crippen LogP contribution in [0.25, 0.3) is 22.0 Å². The first-order valence-corrected chi connectivity index (χ1v) is 12.9. The van der Waals surface area contributed by atoms with Gasteiger partial charge in [-0.25, -0.2) is 18.7 Å². The molecule has 3 heterocycles. The Morgan fingerprint density at radius 2 is 1.78 bits per heavy atom. The van der Waals surface area contributed by atoms with Crippen LogP contribution < -0.4 is 20.1 Å². The number of anilines is 2. The molecular weight excluding hydrogens is 525 g/mol. The molecule has 0 radical (unpaired) electrons. The van der Waals surface area contributed by atoms with Crippen molar-refractivity contribution in [3.8, 4) is 22.8 Å². The van der Waals surface area contributed by atoms with Gasteiger partial charge < -0.3 is 24.8 Å². The van der Waals surface area contributed by atoms with Crippen LogP contribution in [0.2, 0.25) is 10.0 Å². The van der Waals surface area contributed by atoms with Crippen LogP contribution in [-0.2, 0) is 4.74 Å². The minimum Gasteiger partial charge on any atom is -0.495 e. The lowest BCUT2D eigenvalue weighted by Gasteiger charge is -2.24. The molecule has 2 atom stereocenters. The van der Waals surface area contributed by atoms with Crippen molar-refractivity contribution in [1.82, 2.24) is 9.97 Å². The molecule has 1 aliphatic carbocycles. The van der Waals surface area contributed by atoms with Crippen molar-refractivity contribution in [3.05, 3.63) is 34.4 Å². The first kappa shape index (κ1) is 26.0. The number of halogens is 4. The smallest absolute Gasteiger partial charge is 0.250 e. The normalized spacial score (nSPS) is 21.1. The van der Waals surface area contributed by atoms with E-state index < -0.39 is 12.0 Å². The largest absolute Gasteiger partial charge is 0.495 e. The van der Waals surface area contributed by atoms with E-state index in [1.54, 1.807) is 12.3 Å². The number of aromatic nitrogens is 2. The van der Waals surface area contributed by atoms with Gasteiger partial charge in [-0.05, 0) is 31.4 Å². The molecular formula is C26H28Cl2F2N4O3. The highest BCUT2D eigenvalue weighted by atomic mass is 35.5. The van der Waals surface area contributed by atoms with E-state index >= 15 is 0 Å². The Labute approximate surface area is 223 Å². The Kier molecular flexibility index (Phi) is 7.47. The van der Waals surface area contributed by atoms with Crippen LogP contribution in [0, 0.1) is 0 Å². The molecule has 5 rings (SSSR count). The van der Waals surface area contributed by atoms with Gasteiger partial charge >= 0.3 is 0 Å². The van der Waals surface area contributed by atoms with E-state index in [0.717, 1.165) is 30.2 Å². The maximum Gasteiger partial charge on any atom is 0.250 e. The average Bonchev–Trinajstić information content (AvgIpc) is 3.23. The van der Waals surface area contributed by atoms with E-state index in [0.29, 0.717) is 47.4 Å². The molecule has 2 N–H and O–H groups in total. The van der Waals surface area contributed by atoms with Gasteiger partial charge in [0.15, 0.2) is 0 Å². The van der Waals surface area contributed by atoms with Gasteiger partial charge in [0.1, 0.15) is 23.1 Å². The molecule has 0 bridgehead atoms. The van der Waals surface area contributed by atoms with Crippen LogP contribution in [0.15, 0.2) is 24.4 Å². The van der Waals surface area contributed by atoms with Crippen molar-refractivity contribution >= 4 is 45.6 Å². The van der Waals surface area contributed by atoms with Crippen molar-refractivity contribution in [2.75, 3.05) is 38.1 Å². The van der Waals surface area contributed by atoms with Crippen LogP contribution in [0.3, 0.4) is 0 Å². The molecule has 1 saturated heterocycles. The molecule has 3 aromatic rings. The summed E-state index contributed by atoms with van der Waals surface area (Å²) in [6.07, 6.45) is 3.59. The summed E-state index contributed by atoms with van der Waals surface area (Å²) < 4.78 is 44.4. The topological polar surface area (TPSA) is 77.5 Å². The zero-order valence-corrected chi connectivity index (χ0v) is 22.1. The van der Waals surface area contributed by atoms with E-state index in [4.69, 9.17) is 42.4 Å². The van der Waals surface area contributed by atoms with E-state index in [-0.39, 0.29) is 28.9 Å². The highest BCUT2D eigenvalue weighted by Crippen LogP contribution is 2.46. The van der Waals surface area contributed by atoms with Crippen LogP contribution in [0.4, 0.5) is 20.4 Å². The number of ether oxygens (including phenoxy) is 3. The van der Waals surface area contributed by atoms with Gasteiger partial charge in [0.25, 0.3) is 0 Å². The molecule has 11 heteroatoms. The summed E-state index contributed by atoms with van der Waals surface area (Å²) in [5, 5.41) is 8.70. The van der Waals surface area contributed by atoms with Gasteiger partial charge in [0, 0.05) is 54.1 Å². The summed E-state index contributed by atoms with van der Waals surface area (Å²) in [5.74, 6) is -0.840. The summed E-state index contributed by atoms with van der Waals surface area (Å²) in [7, 11) is 2.99. The van der Waals surface area contributed by atoms with Crippen molar-refractivity contribution in [1.29, 1.82) is 0 Å². The SMILES string of the molecule is COc1cc(OC)c(Cl)c(-c2cc3cnc(NC4CCCOC4)cc3c(NC3CCC(F)(F)C3)n2)c1Cl. The number of methoxy groups -OCH3 is 2. The van der Waals surface area contributed by atoms with Crippen molar-refractivity contribution in [2.24, 2.45) is 0 Å². The van der Waals surface area contributed by atoms with E-state index in [2.05, 4.69) is 15.6 Å². The highest BCUT2D eigenvalue weighted by molar-refractivity contribution is 6.41. The molecule has 2 aromatic heterocycles. The standard InChI is InChI=1S/C26H28Cl2F2N4O3/c1-35-19-10-20(36-2)24(28)22(23(19)27)18-8-14-12-31-21(32-16-4-3-7-37-13-16)9-17(14)25(34-18)33-15-5-6-26(29,30)11-15/h8-10,12,15-16H,3-7,11,13H2,1-2H3,(H,31,32)(H,33,34). The highest BCUT2D eigenvalue weighted by Gasteiger charge is 2.39. The van der Waals surface area contributed by atoms with Crippen LogP contribution in [-0.4, -0.2) is 55.4 Å². The fourth-order valence-corrected chi connectivity index (χ4v) is 5.60. The Morgan fingerprint density at radius 1 is 1.03 bits per heavy atom. The molecule has 198 valence electrons. The lowest BCUT2D eigenvalue weighted by Crippen LogP contribution is -2.30. The molecule has 0 spiro atoms. The van der Waals surface area contributed by atoms with E-state index in [1.165, 1.54) is 14.2 Å². The van der Waals surface area contributed by atoms with Gasteiger partial charge in [-0.2, -0.15) is 0 Å². The minimum absolute atomic E-state index is 0.151. The summed E-state index contributed by atoms with van der Waals surface area (Å²) >= 11 is 13.3. The summed E-state index contributed by atoms with van der Waals surface area (Å²) in [4.78, 5) is 9.41. The lowest BCUT2D eigenvalue weighted by molar-refractivity contribution is 0.00852. The molecule has 2 unspecified atom stereocenters. The van der Waals surface area contributed by atoms with Gasteiger partial charge in [-0.1, -0.05) is 23.2 Å². The Hall–Kier alpha value is -2.62. The first-order chi connectivity index (χ1) is 17.8. The predicted octanol–water partition coefficient (Wildman–Crippen LogP) is 6.81. The summed E-state index contributed by atoms with van der Waals surface area (Å²) in [6, 6.07) is 5.02. The predicted molar refractivity (Wildman–Crippen MR) is 142 cm³/mol. The zero-order chi connectivity index (χ0) is 26.2. The van der Waals surface area contributed by atoms with Crippen molar-refractivity contribution in [3.63, 3.8) is 0 Å². The summed E-state index contributed by atoms with van der Waals surface area (Å²) in [5.41, 5.74) is 0.859. The van der Waals surface area contributed by atoms with E-state index in [9.17, 15) is 8.78 Å². The number of hydrogen-bond acceptors (Lipinski definition) is 7. The van der Waals surface area contributed by atoms with Gasteiger partial charge in [-0.3, -0.25) is 0 Å². The minimum atomic E-state index is -2.70. The number of fused-ring (bicyclic) bond motifs is 1. The van der Waals surface area contributed by atoms with Crippen LogP contribution >= 0.6 is 23.2 Å². The van der Waals surface area contributed by atoms with Gasteiger partial charge in [0.2, 0.25) is 5.92 Å². The summed E-state index contributed by atoms with van der Waals surface area (Å²) in [6.45, 7) is 1.37. The number of nitrogens with one attached hydrogen (secondary N) is 2. The molecule has 1 saturated carbocycles. The monoisotopic (exact) mass is 552 g/mol. The fraction of sp³-hybridized carbons (Fsp3) is 0.462. The molecule has 0 amide bonds. The van der Waals surface area contributed by atoms with Crippen molar-refractivity contribution in [2.45, 2.75) is 50.1 Å². The third kappa shape index (κ3) is 5.49. The van der Waals surface area contributed by atoms with Gasteiger partial charge in [-0.15, -0.1) is 0 Å². The van der Waals surface area contributed by atoms with E-state index in [1.807, 2.05) is 12.1 Å². The van der Waals surface area contributed by atoms with Crippen molar-refractivity contribution < 1.29 is 23.0 Å². The Morgan fingerprint density at radius 3 is 2.41 bits per heavy atom. The fourth-order valence-electron chi connectivity index (χ4n) is 4.90. The lowest BCUT2D eigenvalue weighted by atomic mass is 10.1. The number of pyridine rings is 2. The number of rotatable bonds is 7. The van der Waals surface area contributed by atoms with Crippen LogP contribution in [0.5, 0.6) is 11.5 Å². The average molecular weight is 553 g/mol. The first-order valence-electron chi connectivity index (χ1n) is 12.2. The molecule has 2 fully saturated rings. The number of nitrogens with zero attached hydrogens (tertiary/aromatic N) is 2. The Bertz CT molecular complexity index is 1280. The molecule has 37 heavy (non-hydrogen) atoms. The number of benzene rings is 1. The number of alkyl halides is 2. The second-order valence-corrected chi connectivity index (χ2v) is 10.2. The maximum absolute atomic E-state index is 14.0. The number of hydrogen-bond donors (Lipinski definition) is 2. The second-order valence-electron chi connectivity index (χ2n) is 9.43. The van der Waals surface area contributed by atoms with Crippen LogP contribution in [0.1, 0.15) is 32.1 Å². The second kappa shape index (κ2) is 10.6. The third-order valence-electron chi connectivity index (χ3n) is 6.80. The maximum atomic E-state index is 14.0. The molecule has 1 aromatic carbocycles. The molecule has 2 aliphatic rings. The Balaban J connectivity index is 1.61. The zero-order valence-electron chi connectivity index (χ0n) is 20.5. The quantitative estimate of drug-likeness (QED) is 0.333. The molecule has 7 nitrogen and oxygen atoms in total. The third-order valence-corrected chi connectivity index (χ3v) is 7.55.